The molecule has 1 amide bonds. The molecule has 1 atom stereocenters. The summed E-state index contributed by atoms with van der Waals surface area (Å²) in [7, 11) is 1.66. The predicted molar refractivity (Wildman–Crippen MR) is 75.9 cm³/mol. The van der Waals surface area contributed by atoms with Crippen molar-refractivity contribution in [3.05, 3.63) is 22.4 Å². The number of ether oxygens (including phenoxy) is 1. The lowest BCUT2D eigenvalue weighted by atomic mass is 10.2. The maximum atomic E-state index is 12.4. The van der Waals surface area contributed by atoms with Gasteiger partial charge in [0.1, 0.15) is 0 Å². The Morgan fingerprint density at radius 3 is 3.17 bits per heavy atom. The molecule has 0 radical (unpaired) electrons. The third-order valence-corrected chi connectivity index (χ3v) is 4.62. The van der Waals surface area contributed by atoms with Crippen molar-refractivity contribution in [3.63, 3.8) is 0 Å². The van der Waals surface area contributed by atoms with Gasteiger partial charge in [0.05, 0.1) is 19.2 Å². The van der Waals surface area contributed by atoms with E-state index in [1.807, 2.05) is 16.3 Å². The Bertz CT molecular complexity index is 364. The molecule has 1 aliphatic rings. The van der Waals surface area contributed by atoms with E-state index in [1.54, 1.807) is 30.2 Å². The molecule has 1 saturated heterocycles. The van der Waals surface area contributed by atoms with E-state index in [2.05, 4.69) is 11.4 Å². The first-order chi connectivity index (χ1) is 8.81. The fraction of sp³-hybridized carbons (Fsp3) is 0.583. The summed E-state index contributed by atoms with van der Waals surface area (Å²) < 4.78 is 5.09. The second kappa shape index (κ2) is 7.13. The first-order valence-corrected chi connectivity index (χ1v) is 7.96. The average Bonchev–Trinajstić information content (AvgIpc) is 3.06. The summed E-state index contributed by atoms with van der Waals surface area (Å²) in [6.45, 7) is 1.91. The van der Waals surface area contributed by atoms with Gasteiger partial charge in [-0.15, -0.1) is 23.1 Å². The topological polar surface area (TPSA) is 41.6 Å². The lowest BCUT2D eigenvalue weighted by Crippen LogP contribution is -2.45. The summed E-state index contributed by atoms with van der Waals surface area (Å²) in [6, 6.07) is 4.05. The molecule has 18 heavy (non-hydrogen) atoms. The van der Waals surface area contributed by atoms with Gasteiger partial charge >= 0.3 is 0 Å². The van der Waals surface area contributed by atoms with Gasteiger partial charge in [0, 0.05) is 30.2 Å². The van der Waals surface area contributed by atoms with Crippen LogP contribution in [0.2, 0.25) is 0 Å². The van der Waals surface area contributed by atoms with Gasteiger partial charge in [-0.3, -0.25) is 10.1 Å². The minimum Gasteiger partial charge on any atom is -0.383 e. The highest BCUT2D eigenvalue weighted by molar-refractivity contribution is 7.99. The summed E-state index contributed by atoms with van der Waals surface area (Å²) in [5.41, 5.74) is 0. The lowest BCUT2D eigenvalue weighted by Gasteiger charge is -2.24. The summed E-state index contributed by atoms with van der Waals surface area (Å²) in [6.07, 6.45) is 0. The molecule has 1 fully saturated rings. The van der Waals surface area contributed by atoms with Crippen LogP contribution in [-0.2, 0) is 16.1 Å². The maximum absolute atomic E-state index is 12.4. The Balaban J connectivity index is 1.96. The quantitative estimate of drug-likeness (QED) is 0.858. The van der Waals surface area contributed by atoms with Gasteiger partial charge in [-0.1, -0.05) is 6.07 Å². The van der Waals surface area contributed by atoms with E-state index in [0.717, 1.165) is 11.6 Å². The van der Waals surface area contributed by atoms with Gasteiger partial charge in [0.15, 0.2) is 0 Å². The van der Waals surface area contributed by atoms with Crippen LogP contribution in [0.5, 0.6) is 0 Å². The molecular weight excluding hydrogens is 268 g/mol. The fourth-order valence-electron chi connectivity index (χ4n) is 1.83. The van der Waals surface area contributed by atoms with Crippen LogP contribution in [0.15, 0.2) is 17.5 Å². The number of carbonyl (C=O) groups excluding carboxylic acids is 1. The largest absolute Gasteiger partial charge is 0.383 e. The summed E-state index contributed by atoms with van der Waals surface area (Å²) in [5.74, 6) is 1.92. The molecule has 1 unspecified atom stereocenters. The van der Waals surface area contributed by atoms with E-state index >= 15 is 0 Å². The maximum Gasteiger partial charge on any atom is 0.240 e. The number of amides is 1. The number of nitrogens with zero attached hydrogens (tertiary/aromatic N) is 1. The summed E-state index contributed by atoms with van der Waals surface area (Å²) in [4.78, 5) is 15.5. The molecule has 1 N–H and O–H groups in total. The Hall–Kier alpha value is -0.560. The SMILES string of the molecule is COCCN(Cc1cccs1)C(=O)C1CSCN1. The minimum absolute atomic E-state index is 0.0354. The van der Waals surface area contributed by atoms with Gasteiger partial charge in [0.2, 0.25) is 5.91 Å². The Morgan fingerprint density at radius 1 is 1.67 bits per heavy atom. The Morgan fingerprint density at radius 2 is 2.56 bits per heavy atom. The molecule has 1 aromatic rings. The van der Waals surface area contributed by atoms with Crippen LogP contribution in [0.3, 0.4) is 0 Å². The number of methoxy groups -OCH3 is 1. The third-order valence-electron chi connectivity index (χ3n) is 2.82. The van der Waals surface area contributed by atoms with Crippen molar-refractivity contribution in [2.75, 3.05) is 31.9 Å². The van der Waals surface area contributed by atoms with Crippen molar-refractivity contribution >= 4 is 29.0 Å². The second-order valence-corrected chi connectivity index (χ2v) is 6.17. The molecular formula is C12H18N2O2S2. The van der Waals surface area contributed by atoms with Gasteiger partial charge in [-0.25, -0.2) is 0 Å². The van der Waals surface area contributed by atoms with Crippen molar-refractivity contribution < 1.29 is 9.53 Å². The van der Waals surface area contributed by atoms with Crippen LogP contribution in [0.4, 0.5) is 0 Å². The van der Waals surface area contributed by atoms with Gasteiger partial charge in [0.25, 0.3) is 0 Å². The fourth-order valence-corrected chi connectivity index (χ4v) is 3.49. The predicted octanol–water partition coefficient (Wildman–Crippen LogP) is 1.39. The van der Waals surface area contributed by atoms with E-state index in [1.165, 1.54) is 4.88 Å². The van der Waals surface area contributed by atoms with Crippen LogP contribution in [-0.4, -0.2) is 48.7 Å². The van der Waals surface area contributed by atoms with Crippen LogP contribution >= 0.6 is 23.1 Å². The summed E-state index contributed by atoms with van der Waals surface area (Å²) >= 11 is 3.46. The molecule has 0 spiro atoms. The molecule has 2 heterocycles. The third kappa shape index (κ3) is 3.71. The van der Waals surface area contributed by atoms with E-state index in [0.29, 0.717) is 19.7 Å². The number of hydrogen-bond acceptors (Lipinski definition) is 5. The molecule has 0 aromatic carbocycles. The highest BCUT2D eigenvalue weighted by Gasteiger charge is 2.27. The zero-order valence-electron chi connectivity index (χ0n) is 10.4. The normalized spacial score (nSPS) is 19.1. The molecule has 1 aromatic heterocycles. The lowest BCUT2D eigenvalue weighted by molar-refractivity contribution is -0.133. The molecule has 0 aliphatic carbocycles. The van der Waals surface area contributed by atoms with Crippen LogP contribution in [0.1, 0.15) is 4.88 Å². The Labute approximate surface area is 116 Å². The second-order valence-electron chi connectivity index (χ2n) is 4.10. The standard InChI is InChI=1S/C12H18N2O2S2/c1-16-5-4-14(7-10-3-2-6-18-10)12(15)11-8-17-9-13-11/h2-3,6,11,13H,4-5,7-9H2,1H3. The summed E-state index contributed by atoms with van der Waals surface area (Å²) in [5, 5.41) is 5.27. The first-order valence-electron chi connectivity index (χ1n) is 5.92. The average molecular weight is 286 g/mol. The Kier molecular flexibility index (Phi) is 5.49. The molecule has 0 saturated carbocycles. The minimum atomic E-state index is -0.0354. The molecule has 100 valence electrons. The number of hydrogen-bond donors (Lipinski definition) is 1. The van der Waals surface area contributed by atoms with Gasteiger partial charge in [-0.2, -0.15) is 0 Å². The molecule has 0 bridgehead atoms. The number of carbonyl (C=O) groups is 1. The van der Waals surface area contributed by atoms with Crippen molar-refractivity contribution in [1.29, 1.82) is 0 Å². The molecule has 2 rings (SSSR count). The molecule has 6 heteroatoms. The highest BCUT2D eigenvalue weighted by Crippen LogP contribution is 2.16. The van der Waals surface area contributed by atoms with E-state index in [-0.39, 0.29) is 11.9 Å². The van der Waals surface area contributed by atoms with E-state index in [9.17, 15) is 4.79 Å². The highest BCUT2D eigenvalue weighted by atomic mass is 32.2. The first kappa shape index (κ1) is 13.9. The number of rotatable bonds is 6. The van der Waals surface area contributed by atoms with Gasteiger partial charge in [-0.05, 0) is 11.4 Å². The van der Waals surface area contributed by atoms with Crippen molar-refractivity contribution in [2.45, 2.75) is 12.6 Å². The van der Waals surface area contributed by atoms with E-state index in [4.69, 9.17) is 4.74 Å². The zero-order chi connectivity index (χ0) is 12.8. The van der Waals surface area contributed by atoms with Crippen LogP contribution in [0, 0.1) is 0 Å². The molecule has 4 nitrogen and oxygen atoms in total. The monoisotopic (exact) mass is 286 g/mol. The number of thiophene rings is 1. The molecule has 1 aliphatic heterocycles. The zero-order valence-corrected chi connectivity index (χ0v) is 12.1. The van der Waals surface area contributed by atoms with Crippen molar-refractivity contribution in [1.82, 2.24) is 10.2 Å². The van der Waals surface area contributed by atoms with Gasteiger partial charge < -0.3 is 9.64 Å². The van der Waals surface area contributed by atoms with Crippen LogP contribution < -0.4 is 5.32 Å². The number of thioether (sulfide) groups is 1. The van der Waals surface area contributed by atoms with E-state index < -0.39 is 0 Å². The van der Waals surface area contributed by atoms with Crippen molar-refractivity contribution in [3.8, 4) is 0 Å². The smallest absolute Gasteiger partial charge is 0.240 e. The number of nitrogens with one attached hydrogen (secondary N) is 1. The van der Waals surface area contributed by atoms with Crippen LogP contribution in [0.25, 0.3) is 0 Å². The van der Waals surface area contributed by atoms with Crippen molar-refractivity contribution in [2.24, 2.45) is 0 Å².